The van der Waals surface area contributed by atoms with Crippen LogP contribution in [0.2, 0.25) is 4.34 Å². The highest BCUT2D eigenvalue weighted by Crippen LogP contribution is 2.44. The topological polar surface area (TPSA) is 29.5 Å². The van der Waals surface area contributed by atoms with E-state index < -0.39 is 0 Å². The first-order valence-electron chi connectivity index (χ1n) is 8.04. The van der Waals surface area contributed by atoms with Crippen molar-refractivity contribution in [1.29, 1.82) is 0 Å². The van der Waals surface area contributed by atoms with Crippen molar-refractivity contribution in [2.75, 3.05) is 0 Å². The molecule has 0 saturated carbocycles. The molecule has 0 spiro atoms. The van der Waals surface area contributed by atoms with E-state index in [0.29, 0.717) is 6.54 Å². The number of halogens is 1. The third-order valence-corrected chi connectivity index (χ3v) is 5.52. The molecule has 1 aliphatic heterocycles. The molecule has 3 aromatic rings. The van der Waals surface area contributed by atoms with Gasteiger partial charge in [0.05, 0.1) is 10.9 Å². The Kier molecular flexibility index (Phi) is 4.47. The molecule has 5 heteroatoms. The number of benzene rings is 2. The van der Waals surface area contributed by atoms with Crippen molar-refractivity contribution in [3.63, 3.8) is 0 Å². The maximum Gasteiger partial charge on any atom is 0.411 e. The Morgan fingerprint density at radius 2 is 1.56 bits per heavy atom. The van der Waals surface area contributed by atoms with Crippen LogP contribution in [0.4, 0.5) is 4.79 Å². The maximum atomic E-state index is 12.6. The number of carbonyl (C=O) groups excluding carboxylic acids is 1. The maximum absolute atomic E-state index is 12.6. The normalized spacial score (nSPS) is 19.9. The number of hydrogen-bond acceptors (Lipinski definition) is 3. The van der Waals surface area contributed by atoms with Crippen LogP contribution in [0.25, 0.3) is 0 Å². The average Bonchev–Trinajstić information content (AvgIpc) is 3.20. The van der Waals surface area contributed by atoms with E-state index in [1.165, 1.54) is 11.3 Å². The summed E-state index contributed by atoms with van der Waals surface area (Å²) in [5, 5.41) is 0. The molecule has 0 unspecified atom stereocenters. The first kappa shape index (κ1) is 16.2. The van der Waals surface area contributed by atoms with Gasteiger partial charge in [0.25, 0.3) is 0 Å². The second-order valence-corrected chi connectivity index (χ2v) is 7.70. The lowest BCUT2D eigenvalue weighted by Gasteiger charge is -2.25. The summed E-state index contributed by atoms with van der Waals surface area (Å²) >= 11 is 7.53. The predicted octanol–water partition coefficient (Wildman–Crippen LogP) is 5.84. The van der Waals surface area contributed by atoms with Crippen LogP contribution in [-0.4, -0.2) is 11.0 Å². The quantitative estimate of drug-likeness (QED) is 0.578. The SMILES string of the molecule is O=C1O[C@H](c2ccccc2)[C@@H](c2ccccc2)N1Cc1ccc(Cl)s1. The highest BCUT2D eigenvalue weighted by molar-refractivity contribution is 7.16. The Hall–Kier alpha value is -2.30. The zero-order chi connectivity index (χ0) is 17.2. The van der Waals surface area contributed by atoms with Gasteiger partial charge in [0.1, 0.15) is 6.04 Å². The van der Waals surface area contributed by atoms with Gasteiger partial charge < -0.3 is 4.74 Å². The molecule has 0 radical (unpaired) electrons. The summed E-state index contributed by atoms with van der Waals surface area (Å²) in [6.07, 6.45) is -0.626. The molecule has 2 heterocycles. The van der Waals surface area contributed by atoms with Crippen LogP contribution >= 0.6 is 22.9 Å². The molecule has 1 aromatic heterocycles. The Bertz CT molecular complexity index is 866. The van der Waals surface area contributed by atoms with Gasteiger partial charge in [-0.05, 0) is 23.3 Å². The molecule has 2 atom stereocenters. The number of nitrogens with zero attached hydrogens (tertiary/aromatic N) is 1. The largest absolute Gasteiger partial charge is 0.439 e. The van der Waals surface area contributed by atoms with Gasteiger partial charge in [-0.25, -0.2) is 4.79 Å². The van der Waals surface area contributed by atoms with Gasteiger partial charge in [0.2, 0.25) is 0 Å². The third-order valence-electron chi connectivity index (χ3n) is 4.31. The van der Waals surface area contributed by atoms with E-state index in [2.05, 4.69) is 0 Å². The van der Waals surface area contributed by atoms with Gasteiger partial charge in [0.15, 0.2) is 6.10 Å². The molecule has 1 fully saturated rings. The van der Waals surface area contributed by atoms with E-state index in [9.17, 15) is 4.79 Å². The molecular formula is C20H16ClNO2S. The van der Waals surface area contributed by atoms with Crippen molar-refractivity contribution in [2.24, 2.45) is 0 Å². The molecule has 2 aromatic carbocycles. The van der Waals surface area contributed by atoms with Crippen molar-refractivity contribution in [3.8, 4) is 0 Å². The van der Waals surface area contributed by atoms with E-state index in [4.69, 9.17) is 16.3 Å². The van der Waals surface area contributed by atoms with Gasteiger partial charge >= 0.3 is 6.09 Å². The summed E-state index contributed by atoms with van der Waals surface area (Å²) in [4.78, 5) is 15.5. The van der Waals surface area contributed by atoms with Crippen LogP contribution in [0.15, 0.2) is 72.8 Å². The lowest BCUT2D eigenvalue weighted by Crippen LogP contribution is -2.27. The summed E-state index contributed by atoms with van der Waals surface area (Å²) in [5.41, 5.74) is 2.06. The highest BCUT2D eigenvalue weighted by Gasteiger charge is 2.43. The summed E-state index contributed by atoms with van der Waals surface area (Å²) in [6.45, 7) is 0.485. The number of ether oxygens (including phenoxy) is 1. The molecule has 25 heavy (non-hydrogen) atoms. The Balaban J connectivity index is 1.72. The van der Waals surface area contributed by atoms with Crippen LogP contribution in [-0.2, 0) is 11.3 Å². The molecule has 1 amide bonds. The van der Waals surface area contributed by atoms with Crippen molar-refractivity contribution in [2.45, 2.75) is 18.7 Å². The second kappa shape index (κ2) is 6.90. The van der Waals surface area contributed by atoms with Crippen molar-refractivity contribution in [3.05, 3.63) is 93.1 Å². The Labute approximate surface area is 155 Å². The van der Waals surface area contributed by atoms with E-state index in [0.717, 1.165) is 20.3 Å². The number of thiophene rings is 1. The van der Waals surface area contributed by atoms with Crippen LogP contribution in [0, 0.1) is 0 Å². The minimum absolute atomic E-state index is 0.169. The summed E-state index contributed by atoms with van der Waals surface area (Å²) in [6, 6.07) is 23.6. The fourth-order valence-corrected chi connectivity index (χ4v) is 4.27. The van der Waals surface area contributed by atoms with Crippen molar-refractivity contribution in [1.82, 2.24) is 4.90 Å². The first-order valence-corrected chi connectivity index (χ1v) is 9.23. The van der Waals surface area contributed by atoms with Crippen LogP contribution in [0.3, 0.4) is 0 Å². The molecule has 1 aliphatic rings. The molecule has 126 valence electrons. The van der Waals surface area contributed by atoms with Crippen LogP contribution in [0.1, 0.15) is 28.1 Å². The van der Waals surface area contributed by atoms with Crippen molar-refractivity contribution < 1.29 is 9.53 Å². The zero-order valence-corrected chi connectivity index (χ0v) is 14.9. The first-order chi connectivity index (χ1) is 12.2. The van der Waals surface area contributed by atoms with Gasteiger partial charge in [0, 0.05) is 4.88 Å². The molecule has 0 N–H and O–H groups in total. The third kappa shape index (κ3) is 3.28. The lowest BCUT2D eigenvalue weighted by molar-refractivity contribution is 0.129. The Morgan fingerprint density at radius 3 is 2.16 bits per heavy atom. The minimum atomic E-state index is -0.327. The Morgan fingerprint density at radius 1 is 0.920 bits per heavy atom. The zero-order valence-electron chi connectivity index (χ0n) is 13.3. The van der Waals surface area contributed by atoms with Gasteiger partial charge in [-0.1, -0.05) is 72.3 Å². The molecule has 0 bridgehead atoms. The molecule has 0 aliphatic carbocycles. The lowest BCUT2D eigenvalue weighted by atomic mass is 9.95. The molecular weight excluding hydrogens is 354 g/mol. The van der Waals surface area contributed by atoms with E-state index in [1.54, 1.807) is 4.90 Å². The van der Waals surface area contributed by atoms with Gasteiger partial charge in [-0.3, -0.25) is 4.90 Å². The summed E-state index contributed by atoms with van der Waals surface area (Å²) in [7, 11) is 0. The number of carbonyl (C=O) groups is 1. The molecule has 4 rings (SSSR count). The van der Waals surface area contributed by atoms with Gasteiger partial charge in [-0.15, -0.1) is 11.3 Å². The standard InChI is InChI=1S/C20H16ClNO2S/c21-17-12-11-16(25-17)13-22-18(14-7-3-1-4-8-14)19(24-20(22)23)15-9-5-2-6-10-15/h1-12,18-19H,13H2/t18-,19-/m1/s1. The fourth-order valence-electron chi connectivity index (χ4n) is 3.18. The number of amides is 1. The smallest absolute Gasteiger partial charge is 0.411 e. The van der Waals surface area contributed by atoms with Crippen LogP contribution in [0.5, 0.6) is 0 Å². The average molecular weight is 370 g/mol. The molecule has 1 saturated heterocycles. The second-order valence-electron chi connectivity index (χ2n) is 5.90. The minimum Gasteiger partial charge on any atom is -0.439 e. The number of rotatable bonds is 4. The van der Waals surface area contributed by atoms with E-state index in [1.807, 2.05) is 72.8 Å². The van der Waals surface area contributed by atoms with E-state index in [-0.39, 0.29) is 18.2 Å². The van der Waals surface area contributed by atoms with Crippen molar-refractivity contribution >= 4 is 29.0 Å². The predicted molar refractivity (Wildman–Crippen MR) is 99.7 cm³/mol. The monoisotopic (exact) mass is 369 g/mol. The van der Waals surface area contributed by atoms with Crippen LogP contribution < -0.4 is 0 Å². The van der Waals surface area contributed by atoms with Gasteiger partial charge in [-0.2, -0.15) is 0 Å². The number of hydrogen-bond donors (Lipinski definition) is 0. The fraction of sp³-hybridized carbons (Fsp3) is 0.150. The highest BCUT2D eigenvalue weighted by atomic mass is 35.5. The summed E-state index contributed by atoms with van der Waals surface area (Å²) < 4.78 is 6.49. The van der Waals surface area contributed by atoms with E-state index >= 15 is 0 Å². The number of cyclic esters (lactones) is 1. The molecule has 3 nitrogen and oxygen atoms in total. The summed E-state index contributed by atoms with van der Waals surface area (Å²) in [5.74, 6) is 0.